The zero-order chi connectivity index (χ0) is 28.4. The fourth-order valence-electron chi connectivity index (χ4n) is 5.96. The SMILES string of the molecule is COc1cc(C(=O)N2CCC(N3CCOCC3)CC2)ccc1Cc1cc(NC(C)C)c2c(n1)CC=C2C(F)(F)F. The zero-order valence-corrected chi connectivity index (χ0v) is 23.3. The van der Waals surface area contributed by atoms with Crippen molar-refractivity contribution in [3.05, 3.63) is 58.4 Å². The number of allylic oxidation sites excluding steroid dienone is 2. The first kappa shape index (κ1) is 28.4. The average Bonchev–Trinajstić information content (AvgIpc) is 3.38. The van der Waals surface area contributed by atoms with Gasteiger partial charge in [-0.1, -0.05) is 12.1 Å². The number of anilines is 1. The number of rotatable bonds is 7. The molecule has 0 atom stereocenters. The molecule has 1 N–H and O–H groups in total. The number of nitrogens with one attached hydrogen (secondary N) is 1. The van der Waals surface area contributed by atoms with Gasteiger partial charge in [0.05, 0.1) is 31.6 Å². The highest BCUT2D eigenvalue weighted by atomic mass is 19.4. The first-order chi connectivity index (χ1) is 19.1. The molecule has 40 heavy (non-hydrogen) atoms. The lowest BCUT2D eigenvalue weighted by Gasteiger charge is -2.40. The number of ether oxygens (including phenoxy) is 2. The third-order valence-electron chi connectivity index (χ3n) is 7.89. The second kappa shape index (κ2) is 11.8. The van der Waals surface area contributed by atoms with Crippen LogP contribution in [0.25, 0.3) is 5.57 Å². The smallest absolute Gasteiger partial charge is 0.416 e. The van der Waals surface area contributed by atoms with Crippen molar-refractivity contribution in [2.45, 2.75) is 57.8 Å². The van der Waals surface area contributed by atoms with Crippen molar-refractivity contribution in [2.75, 3.05) is 51.8 Å². The normalized spacial score (nSPS) is 18.6. The van der Waals surface area contributed by atoms with Gasteiger partial charge in [-0.3, -0.25) is 14.7 Å². The molecule has 0 bridgehead atoms. The molecule has 216 valence electrons. The van der Waals surface area contributed by atoms with Gasteiger partial charge in [0, 0.05) is 79.2 Å². The van der Waals surface area contributed by atoms with Crippen LogP contribution in [0, 0.1) is 0 Å². The molecule has 0 spiro atoms. The lowest BCUT2D eigenvalue weighted by Crippen LogP contribution is -2.50. The number of carbonyl (C=O) groups excluding carboxylic acids is 1. The maximum Gasteiger partial charge on any atom is 0.416 e. The van der Waals surface area contributed by atoms with Crippen LogP contribution in [0.3, 0.4) is 0 Å². The molecule has 0 unspecified atom stereocenters. The van der Waals surface area contributed by atoms with Crippen molar-refractivity contribution >= 4 is 17.2 Å². The maximum absolute atomic E-state index is 13.7. The molecule has 3 aliphatic rings. The summed E-state index contributed by atoms with van der Waals surface area (Å²) in [6, 6.07) is 7.56. The molecule has 1 amide bonds. The summed E-state index contributed by atoms with van der Waals surface area (Å²) in [6.07, 6.45) is -0.838. The Kier molecular flexibility index (Phi) is 8.37. The summed E-state index contributed by atoms with van der Waals surface area (Å²) in [6.45, 7) is 8.65. The number of aromatic nitrogens is 1. The molecular formula is C30H37F3N4O3. The lowest BCUT2D eigenvalue weighted by molar-refractivity contribution is -0.0687. The highest BCUT2D eigenvalue weighted by Gasteiger charge is 2.40. The van der Waals surface area contributed by atoms with Crippen molar-refractivity contribution in [1.82, 2.24) is 14.8 Å². The molecule has 10 heteroatoms. The molecule has 0 radical (unpaired) electrons. The van der Waals surface area contributed by atoms with E-state index < -0.39 is 11.7 Å². The van der Waals surface area contributed by atoms with Crippen molar-refractivity contribution in [3.8, 4) is 5.75 Å². The van der Waals surface area contributed by atoms with E-state index in [1.54, 1.807) is 25.3 Å². The second-order valence-electron chi connectivity index (χ2n) is 11.0. The van der Waals surface area contributed by atoms with Crippen molar-refractivity contribution in [3.63, 3.8) is 0 Å². The average molecular weight is 559 g/mol. The van der Waals surface area contributed by atoms with Crippen molar-refractivity contribution in [1.29, 1.82) is 0 Å². The minimum Gasteiger partial charge on any atom is -0.496 e. The summed E-state index contributed by atoms with van der Waals surface area (Å²) in [5.74, 6) is 0.541. The predicted molar refractivity (Wildman–Crippen MR) is 148 cm³/mol. The summed E-state index contributed by atoms with van der Waals surface area (Å²) in [4.78, 5) is 22.3. The van der Waals surface area contributed by atoms with Crippen molar-refractivity contribution < 1.29 is 27.4 Å². The molecule has 0 saturated carbocycles. The Labute approximate surface area is 233 Å². The van der Waals surface area contributed by atoms with Gasteiger partial charge in [-0.15, -0.1) is 0 Å². The van der Waals surface area contributed by atoms with Gasteiger partial charge in [0.15, 0.2) is 0 Å². The van der Waals surface area contributed by atoms with Gasteiger partial charge in [-0.25, -0.2) is 0 Å². The molecule has 1 aromatic carbocycles. The number of nitrogens with zero attached hydrogens (tertiary/aromatic N) is 3. The van der Waals surface area contributed by atoms with Gasteiger partial charge in [0.25, 0.3) is 5.91 Å². The van der Waals surface area contributed by atoms with Crippen LogP contribution in [-0.4, -0.2) is 85.5 Å². The summed E-state index contributed by atoms with van der Waals surface area (Å²) < 4.78 is 52.1. The molecule has 2 aromatic rings. The number of piperidine rings is 1. The van der Waals surface area contributed by atoms with Crippen LogP contribution in [0.5, 0.6) is 5.75 Å². The molecule has 2 saturated heterocycles. The van der Waals surface area contributed by atoms with Gasteiger partial charge < -0.3 is 19.7 Å². The van der Waals surface area contributed by atoms with Crippen LogP contribution < -0.4 is 10.1 Å². The summed E-state index contributed by atoms with van der Waals surface area (Å²) in [7, 11) is 1.56. The Balaban J connectivity index is 1.31. The molecule has 1 aliphatic carbocycles. The fourth-order valence-corrected chi connectivity index (χ4v) is 5.96. The number of methoxy groups -OCH3 is 1. The van der Waals surface area contributed by atoms with Crippen LogP contribution in [0.4, 0.5) is 18.9 Å². The number of pyridine rings is 1. The molecule has 1 aromatic heterocycles. The molecule has 5 rings (SSSR count). The topological polar surface area (TPSA) is 66.9 Å². The standard InChI is InChI=1S/C30H37F3N4O3/c1-19(2)34-26-18-22(35-25-7-6-24(28(25)26)30(31,32)33)16-20-4-5-21(17-27(20)39-3)29(38)37-10-8-23(9-11-37)36-12-14-40-15-13-36/h4-6,17-19,23H,7-16H2,1-3H3,(H,34,35). The predicted octanol–water partition coefficient (Wildman–Crippen LogP) is 4.94. The highest BCUT2D eigenvalue weighted by molar-refractivity contribution is 5.95. The molecule has 3 heterocycles. The minimum absolute atomic E-state index is 0.0184. The molecular weight excluding hydrogens is 521 g/mol. The number of alkyl halides is 3. The van der Waals surface area contributed by atoms with E-state index in [0.29, 0.717) is 53.9 Å². The van der Waals surface area contributed by atoms with Crippen LogP contribution in [0.15, 0.2) is 30.3 Å². The Morgan fingerprint density at radius 1 is 1.15 bits per heavy atom. The van der Waals surface area contributed by atoms with E-state index in [9.17, 15) is 18.0 Å². The largest absolute Gasteiger partial charge is 0.496 e. The van der Waals surface area contributed by atoms with Crippen LogP contribution in [0.2, 0.25) is 0 Å². The first-order valence-electron chi connectivity index (χ1n) is 14.0. The van der Waals surface area contributed by atoms with E-state index in [1.807, 2.05) is 24.8 Å². The molecule has 2 fully saturated rings. The molecule has 2 aliphatic heterocycles. The van der Waals surface area contributed by atoms with E-state index in [-0.39, 0.29) is 23.9 Å². The van der Waals surface area contributed by atoms with Gasteiger partial charge in [-0.2, -0.15) is 13.2 Å². The van der Waals surface area contributed by atoms with Gasteiger partial charge in [0.1, 0.15) is 5.75 Å². The first-order valence-corrected chi connectivity index (χ1v) is 14.0. The van der Waals surface area contributed by atoms with Crippen molar-refractivity contribution in [2.24, 2.45) is 0 Å². The summed E-state index contributed by atoms with van der Waals surface area (Å²) >= 11 is 0. The van der Waals surface area contributed by atoms with E-state index in [4.69, 9.17) is 9.47 Å². The zero-order valence-electron chi connectivity index (χ0n) is 23.3. The van der Waals surface area contributed by atoms with Crippen LogP contribution in [-0.2, 0) is 17.6 Å². The number of fused-ring (bicyclic) bond motifs is 1. The van der Waals surface area contributed by atoms with E-state index in [2.05, 4.69) is 15.2 Å². The fraction of sp³-hybridized carbons (Fsp3) is 0.533. The summed E-state index contributed by atoms with van der Waals surface area (Å²) in [5.41, 5.74) is 2.36. The van der Waals surface area contributed by atoms with E-state index >= 15 is 0 Å². The number of amides is 1. The Morgan fingerprint density at radius 3 is 2.52 bits per heavy atom. The number of carbonyl (C=O) groups is 1. The number of benzene rings is 1. The monoisotopic (exact) mass is 558 g/mol. The minimum atomic E-state index is -4.44. The lowest BCUT2D eigenvalue weighted by atomic mass is 10.00. The number of hydrogen-bond acceptors (Lipinski definition) is 6. The number of halogens is 3. The third kappa shape index (κ3) is 6.12. The maximum atomic E-state index is 13.7. The van der Waals surface area contributed by atoms with Crippen LogP contribution in [0.1, 0.15) is 59.6 Å². The number of hydrogen-bond donors (Lipinski definition) is 1. The third-order valence-corrected chi connectivity index (χ3v) is 7.89. The Hall–Kier alpha value is -3.11. The van der Waals surface area contributed by atoms with Crippen LogP contribution >= 0.6 is 0 Å². The Morgan fingerprint density at radius 2 is 1.88 bits per heavy atom. The number of morpholine rings is 1. The van der Waals surface area contributed by atoms with Gasteiger partial charge in [0.2, 0.25) is 0 Å². The Bertz CT molecular complexity index is 1260. The van der Waals surface area contributed by atoms with Gasteiger partial charge >= 0.3 is 6.18 Å². The van der Waals surface area contributed by atoms with E-state index in [0.717, 1.165) is 44.7 Å². The molecule has 7 nitrogen and oxygen atoms in total. The quantitative estimate of drug-likeness (QED) is 0.520. The second-order valence-corrected chi connectivity index (χ2v) is 11.0. The number of likely N-dealkylation sites (tertiary alicyclic amines) is 1. The van der Waals surface area contributed by atoms with Gasteiger partial charge in [-0.05, 0) is 44.9 Å². The van der Waals surface area contributed by atoms with E-state index in [1.165, 1.54) is 6.08 Å². The highest BCUT2D eigenvalue weighted by Crippen LogP contribution is 2.43. The summed E-state index contributed by atoms with van der Waals surface area (Å²) in [5, 5.41) is 3.17.